The van der Waals surface area contributed by atoms with Crippen LogP contribution in [0.3, 0.4) is 0 Å². The van der Waals surface area contributed by atoms with Crippen molar-refractivity contribution in [2.45, 2.75) is 27.2 Å². The Hall–Kier alpha value is -1.65. The summed E-state index contributed by atoms with van der Waals surface area (Å²) in [5.41, 5.74) is 0. The van der Waals surface area contributed by atoms with Crippen LogP contribution >= 0.6 is 0 Å². The van der Waals surface area contributed by atoms with E-state index in [4.69, 9.17) is 0 Å². The minimum atomic E-state index is -0.394. The lowest BCUT2D eigenvalue weighted by Crippen LogP contribution is -2.33. The van der Waals surface area contributed by atoms with Crippen LogP contribution in [0.5, 0.6) is 0 Å². The number of carbonyl (C=O) groups is 3. The van der Waals surface area contributed by atoms with Crippen molar-refractivity contribution in [1.29, 1.82) is 0 Å². The summed E-state index contributed by atoms with van der Waals surface area (Å²) in [5, 5.41) is 0. The molecular formula is C11H19NO4. The van der Waals surface area contributed by atoms with Gasteiger partial charge in [0.15, 0.2) is 0 Å². The van der Waals surface area contributed by atoms with E-state index < -0.39 is 5.97 Å². The number of nitrogens with zero attached hydrogens (tertiary/aromatic N) is 1. The van der Waals surface area contributed by atoms with Crippen molar-refractivity contribution in [1.82, 2.24) is 4.90 Å². The lowest BCUT2D eigenvalue weighted by molar-refractivity contribution is -0.142. The molecule has 0 saturated heterocycles. The van der Waals surface area contributed by atoms with Gasteiger partial charge in [-0.15, -0.1) is 0 Å². The fourth-order valence-electron chi connectivity index (χ4n) is 0.844. The molecular weight excluding hydrogens is 210 g/mol. The molecule has 0 aromatic carbocycles. The van der Waals surface area contributed by atoms with E-state index in [1.54, 1.807) is 0 Å². The SMILES string of the molecule is C=CC(=O)OC.CCCN(C(C)=O)C(C)=O. The summed E-state index contributed by atoms with van der Waals surface area (Å²) in [6, 6.07) is 0. The van der Waals surface area contributed by atoms with E-state index in [9.17, 15) is 14.4 Å². The number of ether oxygens (including phenoxy) is 1. The summed E-state index contributed by atoms with van der Waals surface area (Å²) in [4.78, 5) is 32.4. The first kappa shape index (κ1) is 16.8. The van der Waals surface area contributed by atoms with E-state index in [-0.39, 0.29) is 11.8 Å². The van der Waals surface area contributed by atoms with Gasteiger partial charge in [-0.25, -0.2) is 4.79 Å². The number of methoxy groups -OCH3 is 1. The molecule has 92 valence electrons. The highest BCUT2D eigenvalue weighted by molar-refractivity contribution is 5.92. The molecule has 0 spiro atoms. The largest absolute Gasteiger partial charge is 0.466 e. The molecule has 5 nitrogen and oxygen atoms in total. The second-order valence-corrected chi connectivity index (χ2v) is 2.92. The van der Waals surface area contributed by atoms with Crippen LogP contribution in [0.4, 0.5) is 0 Å². The Morgan fingerprint density at radius 3 is 1.75 bits per heavy atom. The molecule has 0 rings (SSSR count). The lowest BCUT2D eigenvalue weighted by Gasteiger charge is -2.14. The molecule has 0 N–H and O–H groups in total. The summed E-state index contributed by atoms with van der Waals surface area (Å²) in [5.74, 6) is -0.737. The maximum absolute atomic E-state index is 10.7. The van der Waals surface area contributed by atoms with Crippen LogP contribution in [0.25, 0.3) is 0 Å². The van der Waals surface area contributed by atoms with Crippen molar-refractivity contribution >= 4 is 17.8 Å². The van der Waals surface area contributed by atoms with E-state index in [2.05, 4.69) is 11.3 Å². The van der Waals surface area contributed by atoms with Gasteiger partial charge in [-0.05, 0) is 6.42 Å². The van der Waals surface area contributed by atoms with Crippen molar-refractivity contribution in [3.8, 4) is 0 Å². The van der Waals surface area contributed by atoms with Gasteiger partial charge >= 0.3 is 5.97 Å². The summed E-state index contributed by atoms with van der Waals surface area (Å²) in [7, 11) is 1.31. The number of hydrogen-bond donors (Lipinski definition) is 0. The van der Waals surface area contributed by atoms with Crippen LogP contribution in [-0.4, -0.2) is 36.3 Å². The fourth-order valence-corrected chi connectivity index (χ4v) is 0.844. The van der Waals surface area contributed by atoms with E-state index in [1.807, 2.05) is 6.92 Å². The van der Waals surface area contributed by atoms with E-state index >= 15 is 0 Å². The third kappa shape index (κ3) is 8.93. The monoisotopic (exact) mass is 229 g/mol. The number of hydrogen-bond acceptors (Lipinski definition) is 4. The van der Waals surface area contributed by atoms with Crippen LogP contribution in [0.1, 0.15) is 27.2 Å². The van der Waals surface area contributed by atoms with Gasteiger partial charge in [0, 0.05) is 26.5 Å². The van der Waals surface area contributed by atoms with Gasteiger partial charge in [0.25, 0.3) is 0 Å². The van der Waals surface area contributed by atoms with Crippen molar-refractivity contribution in [3.63, 3.8) is 0 Å². The molecule has 0 aliphatic rings. The van der Waals surface area contributed by atoms with Crippen molar-refractivity contribution < 1.29 is 19.1 Å². The van der Waals surface area contributed by atoms with E-state index in [1.165, 1.54) is 25.9 Å². The van der Waals surface area contributed by atoms with Gasteiger partial charge < -0.3 is 4.74 Å². The minimum absolute atomic E-state index is 0.172. The van der Waals surface area contributed by atoms with Crippen LogP contribution in [-0.2, 0) is 19.1 Å². The zero-order valence-corrected chi connectivity index (χ0v) is 10.3. The number of rotatable bonds is 3. The lowest BCUT2D eigenvalue weighted by atomic mass is 10.4. The van der Waals surface area contributed by atoms with Crippen molar-refractivity contribution in [3.05, 3.63) is 12.7 Å². The maximum Gasteiger partial charge on any atom is 0.329 e. The van der Waals surface area contributed by atoms with Gasteiger partial charge in [-0.1, -0.05) is 13.5 Å². The Labute approximate surface area is 96.1 Å². The van der Waals surface area contributed by atoms with Gasteiger partial charge in [-0.2, -0.15) is 0 Å². The smallest absolute Gasteiger partial charge is 0.329 e. The molecule has 0 aromatic rings. The Kier molecular flexibility index (Phi) is 10.4. The quantitative estimate of drug-likeness (QED) is 0.537. The number of amides is 2. The molecule has 0 radical (unpaired) electrons. The maximum atomic E-state index is 10.7. The predicted molar refractivity (Wildman–Crippen MR) is 60.6 cm³/mol. The number of imide groups is 1. The standard InChI is InChI=1S/C7H13NO2.C4H6O2/c1-4-5-8(6(2)9)7(3)10;1-3-4(5)6-2/h4-5H2,1-3H3;3H,1H2,2H3. The highest BCUT2D eigenvalue weighted by Crippen LogP contribution is 1.92. The first-order valence-corrected chi connectivity index (χ1v) is 4.89. The first-order valence-electron chi connectivity index (χ1n) is 4.89. The number of esters is 1. The summed E-state index contributed by atoms with van der Waals surface area (Å²) in [6.07, 6.45) is 1.93. The van der Waals surface area contributed by atoms with Crippen LogP contribution in [0.15, 0.2) is 12.7 Å². The fraction of sp³-hybridized carbons (Fsp3) is 0.545. The minimum Gasteiger partial charge on any atom is -0.466 e. The molecule has 0 atom stereocenters. The number of carbonyl (C=O) groups excluding carboxylic acids is 3. The van der Waals surface area contributed by atoms with Crippen molar-refractivity contribution in [2.24, 2.45) is 0 Å². The predicted octanol–water partition coefficient (Wildman–Crippen LogP) is 1.14. The average molecular weight is 229 g/mol. The first-order chi connectivity index (χ1) is 7.40. The molecule has 0 bridgehead atoms. The molecule has 16 heavy (non-hydrogen) atoms. The van der Waals surface area contributed by atoms with Crippen molar-refractivity contribution in [2.75, 3.05) is 13.7 Å². The third-order valence-corrected chi connectivity index (χ3v) is 1.58. The molecule has 0 aliphatic heterocycles. The van der Waals surface area contributed by atoms with E-state index in [0.29, 0.717) is 6.54 Å². The molecule has 0 aromatic heterocycles. The summed E-state index contributed by atoms with van der Waals surface area (Å²) >= 11 is 0. The molecule has 0 heterocycles. The Morgan fingerprint density at radius 2 is 1.69 bits per heavy atom. The van der Waals surface area contributed by atoms with Gasteiger partial charge in [-0.3, -0.25) is 14.5 Å². The van der Waals surface area contributed by atoms with Crippen LogP contribution in [0, 0.1) is 0 Å². The molecule has 2 amide bonds. The zero-order chi connectivity index (χ0) is 13.1. The second-order valence-electron chi connectivity index (χ2n) is 2.92. The van der Waals surface area contributed by atoms with Crippen LogP contribution < -0.4 is 0 Å². The zero-order valence-electron chi connectivity index (χ0n) is 10.3. The summed E-state index contributed by atoms with van der Waals surface area (Å²) < 4.78 is 4.14. The van der Waals surface area contributed by atoms with Gasteiger partial charge in [0.2, 0.25) is 11.8 Å². The Balaban J connectivity index is 0. The molecule has 0 saturated carbocycles. The van der Waals surface area contributed by atoms with E-state index in [0.717, 1.165) is 12.5 Å². The molecule has 0 aliphatic carbocycles. The molecule has 0 fully saturated rings. The Morgan fingerprint density at radius 1 is 1.25 bits per heavy atom. The normalized spacial score (nSPS) is 8.25. The third-order valence-electron chi connectivity index (χ3n) is 1.58. The van der Waals surface area contributed by atoms with Gasteiger partial charge in [0.1, 0.15) is 0 Å². The highest BCUT2D eigenvalue weighted by Gasteiger charge is 2.10. The Bertz CT molecular complexity index is 247. The topological polar surface area (TPSA) is 63.7 Å². The van der Waals surface area contributed by atoms with Gasteiger partial charge in [0.05, 0.1) is 7.11 Å². The highest BCUT2D eigenvalue weighted by atomic mass is 16.5. The second kappa shape index (κ2) is 9.89. The molecule has 0 unspecified atom stereocenters. The average Bonchev–Trinajstić information content (AvgIpc) is 2.24. The molecule has 5 heteroatoms. The summed E-state index contributed by atoms with van der Waals surface area (Å²) in [6.45, 7) is 8.42. The van der Waals surface area contributed by atoms with Crippen LogP contribution in [0.2, 0.25) is 0 Å².